The predicted octanol–water partition coefficient (Wildman–Crippen LogP) is 1.47. The van der Waals surface area contributed by atoms with Crippen LogP contribution in [0.1, 0.15) is 31.4 Å². The summed E-state index contributed by atoms with van der Waals surface area (Å²) in [6.07, 6.45) is 1.12. The molecule has 0 bridgehead atoms. The summed E-state index contributed by atoms with van der Waals surface area (Å²) in [7, 11) is -2.37. The normalized spacial score (nSPS) is 13.0. The highest BCUT2D eigenvalue weighted by Gasteiger charge is 2.25. The molecular formula is C13H18F2N2O3S. The van der Waals surface area contributed by atoms with E-state index in [4.69, 9.17) is 0 Å². The first kappa shape index (κ1) is 17.5. The van der Waals surface area contributed by atoms with E-state index in [0.717, 1.165) is 12.1 Å². The number of rotatable bonds is 7. The molecule has 1 aromatic carbocycles. The summed E-state index contributed by atoms with van der Waals surface area (Å²) in [4.78, 5) is 11.8. The van der Waals surface area contributed by atoms with Crippen LogP contribution in [0.5, 0.6) is 0 Å². The Balaban J connectivity index is 3.06. The third-order valence-electron chi connectivity index (χ3n) is 2.85. The second-order valence-electron chi connectivity index (χ2n) is 4.51. The van der Waals surface area contributed by atoms with Gasteiger partial charge in [0.05, 0.1) is 5.75 Å². The number of halogens is 2. The summed E-state index contributed by atoms with van der Waals surface area (Å²) >= 11 is 0. The summed E-state index contributed by atoms with van der Waals surface area (Å²) in [6.45, 7) is 1.83. The monoisotopic (exact) mass is 320 g/mol. The van der Waals surface area contributed by atoms with E-state index < -0.39 is 33.6 Å². The number of amides is 1. The largest absolute Gasteiger partial charge is 0.357 e. The maximum atomic E-state index is 13.3. The lowest BCUT2D eigenvalue weighted by molar-refractivity contribution is -0.122. The maximum absolute atomic E-state index is 13.3. The molecule has 0 radical (unpaired) electrons. The van der Waals surface area contributed by atoms with Crippen LogP contribution in [-0.4, -0.2) is 27.1 Å². The summed E-state index contributed by atoms with van der Waals surface area (Å²) in [5.74, 6) is -3.00. The van der Waals surface area contributed by atoms with Gasteiger partial charge in [0.25, 0.3) is 0 Å². The molecule has 118 valence electrons. The van der Waals surface area contributed by atoms with E-state index in [2.05, 4.69) is 10.0 Å². The zero-order chi connectivity index (χ0) is 16.0. The van der Waals surface area contributed by atoms with Gasteiger partial charge in [-0.05, 0) is 24.1 Å². The van der Waals surface area contributed by atoms with E-state index >= 15 is 0 Å². The molecule has 0 heterocycles. The molecule has 0 spiro atoms. The second-order valence-corrected chi connectivity index (χ2v) is 6.38. The van der Waals surface area contributed by atoms with Crippen LogP contribution < -0.4 is 10.0 Å². The van der Waals surface area contributed by atoms with Crippen molar-refractivity contribution in [3.63, 3.8) is 0 Å². The van der Waals surface area contributed by atoms with Crippen molar-refractivity contribution in [1.82, 2.24) is 10.0 Å². The molecule has 0 saturated heterocycles. The van der Waals surface area contributed by atoms with Gasteiger partial charge >= 0.3 is 0 Å². The quantitative estimate of drug-likeness (QED) is 0.799. The van der Waals surface area contributed by atoms with E-state index in [1.807, 2.05) is 6.92 Å². The van der Waals surface area contributed by atoms with Crippen LogP contribution in [0.2, 0.25) is 0 Å². The highest BCUT2D eigenvalue weighted by atomic mass is 32.2. The van der Waals surface area contributed by atoms with E-state index in [1.165, 1.54) is 13.1 Å². The SMILES string of the molecule is CCCCS(=O)(=O)NC(C(=O)NC)c1ccc(F)c(F)c1. The molecular weight excluding hydrogens is 302 g/mol. The van der Waals surface area contributed by atoms with Crippen LogP contribution in [0.3, 0.4) is 0 Å². The Morgan fingerprint density at radius 2 is 1.95 bits per heavy atom. The lowest BCUT2D eigenvalue weighted by Gasteiger charge is -2.18. The van der Waals surface area contributed by atoms with Crippen molar-refractivity contribution in [2.75, 3.05) is 12.8 Å². The fourth-order valence-corrected chi connectivity index (χ4v) is 3.07. The van der Waals surface area contributed by atoms with Crippen LogP contribution in [0.4, 0.5) is 8.78 Å². The average Bonchev–Trinajstić information content (AvgIpc) is 2.45. The van der Waals surface area contributed by atoms with Crippen LogP contribution in [0, 0.1) is 11.6 Å². The van der Waals surface area contributed by atoms with Gasteiger partial charge in [-0.25, -0.2) is 17.2 Å². The number of carbonyl (C=O) groups excluding carboxylic acids is 1. The molecule has 0 aliphatic carbocycles. The van der Waals surface area contributed by atoms with Crippen molar-refractivity contribution in [2.45, 2.75) is 25.8 Å². The fourth-order valence-electron chi connectivity index (χ4n) is 1.68. The molecule has 21 heavy (non-hydrogen) atoms. The molecule has 1 aromatic rings. The van der Waals surface area contributed by atoms with Gasteiger partial charge in [-0.15, -0.1) is 0 Å². The predicted molar refractivity (Wildman–Crippen MR) is 75.0 cm³/mol. The molecule has 0 saturated carbocycles. The van der Waals surface area contributed by atoms with Gasteiger partial charge in [0.2, 0.25) is 15.9 Å². The molecule has 0 aromatic heterocycles. The van der Waals surface area contributed by atoms with Crippen molar-refractivity contribution in [2.24, 2.45) is 0 Å². The zero-order valence-electron chi connectivity index (χ0n) is 11.8. The minimum Gasteiger partial charge on any atom is -0.357 e. The number of sulfonamides is 1. The van der Waals surface area contributed by atoms with Crippen LogP contribution in [0.25, 0.3) is 0 Å². The summed E-state index contributed by atoms with van der Waals surface area (Å²) < 4.78 is 52.2. The standard InChI is InChI=1S/C13H18F2N2O3S/c1-3-4-7-21(19,20)17-12(13(18)16-2)9-5-6-10(14)11(15)8-9/h5-6,8,12,17H,3-4,7H2,1-2H3,(H,16,18). The minimum absolute atomic E-state index is 0.0355. The molecule has 1 unspecified atom stereocenters. The lowest BCUT2D eigenvalue weighted by Crippen LogP contribution is -2.40. The zero-order valence-corrected chi connectivity index (χ0v) is 12.6. The Morgan fingerprint density at radius 1 is 1.29 bits per heavy atom. The van der Waals surface area contributed by atoms with Gasteiger partial charge in [0.1, 0.15) is 6.04 Å². The third kappa shape index (κ3) is 5.05. The minimum atomic E-state index is -3.70. The summed E-state index contributed by atoms with van der Waals surface area (Å²) in [5.41, 5.74) is 0.0355. The van der Waals surface area contributed by atoms with Gasteiger partial charge in [-0.2, -0.15) is 4.72 Å². The first-order valence-corrected chi connectivity index (χ1v) is 8.12. The highest BCUT2D eigenvalue weighted by molar-refractivity contribution is 7.89. The topological polar surface area (TPSA) is 75.3 Å². The molecule has 8 heteroatoms. The summed E-state index contributed by atoms with van der Waals surface area (Å²) in [6, 6.07) is 1.52. The third-order valence-corrected chi connectivity index (χ3v) is 4.27. The van der Waals surface area contributed by atoms with Gasteiger partial charge < -0.3 is 5.32 Å². The highest BCUT2D eigenvalue weighted by Crippen LogP contribution is 2.18. The van der Waals surface area contributed by atoms with Crippen LogP contribution in [0.15, 0.2) is 18.2 Å². The van der Waals surface area contributed by atoms with E-state index in [1.54, 1.807) is 0 Å². The van der Waals surface area contributed by atoms with E-state index in [0.29, 0.717) is 12.8 Å². The Labute approximate surface area is 122 Å². The van der Waals surface area contributed by atoms with Crippen molar-refractivity contribution in [3.8, 4) is 0 Å². The molecule has 2 N–H and O–H groups in total. The van der Waals surface area contributed by atoms with Gasteiger partial charge in [0, 0.05) is 7.05 Å². The Hall–Kier alpha value is -1.54. The van der Waals surface area contributed by atoms with Crippen LogP contribution in [-0.2, 0) is 14.8 Å². The average molecular weight is 320 g/mol. The van der Waals surface area contributed by atoms with Gasteiger partial charge in [-0.3, -0.25) is 4.79 Å². The molecule has 1 atom stereocenters. The first-order valence-electron chi connectivity index (χ1n) is 6.47. The second kappa shape index (κ2) is 7.46. The Bertz CT molecular complexity index is 605. The Kier molecular flexibility index (Phi) is 6.22. The molecule has 1 amide bonds. The molecule has 0 aliphatic rings. The van der Waals surface area contributed by atoms with Crippen molar-refractivity contribution < 1.29 is 22.0 Å². The molecule has 0 aliphatic heterocycles. The fraction of sp³-hybridized carbons (Fsp3) is 0.462. The van der Waals surface area contributed by atoms with Gasteiger partial charge in [0.15, 0.2) is 11.6 Å². The number of unbranched alkanes of at least 4 members (excludes halogenated alkanes) is 1. The Morgan fingerprint density at radius 3 is 2.48 bits per heavy atom. The number of benzene rings is 1. The smallest absolute Gasteiger partial charge is 0.242 e. The molecule has 1 rings (SSSR count). The van der Waals surface area contributed by atoms with E-state index in [-0.39, 0.29) is 11.3 Å². The van der Waals surface area contributed by atoms with Crippen molar-refractivity contribution in [1.29, 1.82) is 0 Å². The number of nitrogens with one attached hydrogen (secondary N) is 2. The number of likely N-dealkylation sites (N-methyl/N-ethyl adjacent to an activating group) is 1. The van der Waals surface area contributed by atoms with E-state index in [9.17, 15) is 22.0 Å². The summed E-state index contributed by atoms with van der Waals surface area (Å²) in [5, 5.41) is 2.29. The van der Waals surface area contributed by atoms with Crippen LogP contribution >= 0.6 is 0 Å². The van der Waals surface area contributed by atoms with Gasteiger partial charge in [-0.1, -0.05) is 19.4 Å². The first-order chi connectivity index (χ1) is 9.80. The number of carbonyl (C=O) groups is 1. The van der Waals surface area contributed by atoms with Crippen molar-refractivity contribution in [3.05, 3.63) is 35.4 Å². The number of hydrogen-bond donors (Lipinski definition) is 2. The molecule has 0 fully saturated rings. The maximum Gasteiger partial charge on any atom is 0.242 e. The number of hydrogen-bond acceptors (Lipinski definition) is 3. The molecule has 5 nitrogen and oxygen atoms in total. The van der Waals surface area contributed by atoms with Crippen molar-refractivity contribution >= 4 is 15.9 Å². The lowest BCUT2D eigenvalue weighted by atomic mass is 10.1.